The third-order valence-corrected chi connectivity index (χ3v) is 3.54. The first-order valence-electron chi connectivity index (χ1n) is 6.92. The van der Waals surface area contributed by atoms with Crippen molar-refractivity contribution in [3.8, 4) is 5.75 Å². The van der Waals surface area contributed by atoms with Crippen molar-refractivity contribution in [3.63, 3.8) is 0 Å². The number of carbonyl (C=O) groups is 1. The standard InChI is InChI=1S/C15H16FN3O3/c1-18-6-5-12(17-18)15(21)19-8-13(20)14(9-19)22-11-4-2-3-10(16)7-11/h2-7,13-14,20H,8-9H2,1H3/t13-,14-/m1/s1. The third kappa shape index (κ3) is 2.94. The molecule has 0 unspecified atom stereocenters. The van der Waals surface area contributed by atoms with Crippen LogP contribution in [0.15, 0.2) is 36.5 Å². The molecule has 0 aliphatic carbocycles. The minimum atomic E-state index is -0.823. The number of amides is 1. The molecule has 2 aromatic rings. The summed E-state index contributed by atoms with van der Waals surface area (Å²) in [6.45, 7) is 0.391. The van der Waals surface area contributed by atoms with E-state index < -0.39 is 18.0 Å². The Morgan fingerprint density at radius 3 is 2.91 bits per heavy atom. The van der Waals surface area contributed by atoms with Gasteiger partial charge in [-0.15, -0.1) is 0 Å². The van der Waals surface area contributed by atoms with Gasteiger partial charge in [0.25, 0.3) is 5.91 Å². The number of rotatable bonds is 3. The molecule has 116 valence electrons. The van der Waals surface area contributed by atoms with Gasteiger partial charge >= 0.3 is 0 Å². The first kappa shape index (κ1) is 14.5. The van der Waals surface area contributed by atoms with Crippen molar-refractivity contribution in [2.24, 2.45) is 7.05 Å². The van der Waals surface area contributed by atoms with Crippen molar-refractivity contribution < 1.29 is 19.0 Å². The summed E-state index contributed by atoms with van der Waals surface area (Å²) >= 11 is 0. The number of nitrogens with zero attached hydrogens (tertiary/aromatic N) is 3. The number of halogens is 1. The SMILES string of the molecule is Cn1ccc(C(=O)N2C[C@@H](O)[C@H](Oc3cccc(F)c3)C2)n1. The second kappa shape index (κ2) is 5.76. The molecule has 7 heteroatoms. The summed E-state index contributed by atoms with van der Waals surface area (Å²) in [6.07, 6.45) is 0.269. The molecule has 0 bridgehead atoms. The molecule has 2 atom stereocenters. The molecule has 3 rings (SSSR count). The van der Waals surface area contributed by atoms with Gasteiger partial charge in [0.05, 0.1) is 13.1 Å². The van der Waals surface area contributed by atoms with Gasteiger partial charge in [-0.3, -0.25) is 9.48 Å². The first-order chi connectivity index (χ1) is 10.5. The van der Waals surface area contributed by atoms with E-state index in [1.54, 1.807) is 30.1 Å². The lowest BCUT2D eigenvalue weighted by Crippen LogP contribution is -2.31. The van der Waals surface area contributed by atoms with Crippen LogP contribution in [0.5, 0.6) is 5.75 Å². The van der Waals surface area contributed by atoms with Crippen LogP contribution in [0.25, 0.3) is 0 Å². The number of carbonyl (C=O) groups excluding carboxylic acids is 1. The Hall–Kier alpha value is -2.41. The number of aliphatic hydroxyl groups excluding tert-OH is 1. The van der Waals surface area contributed by atoms with Crippen molar-refractivity contribution in [2.45, 2.75) is 12.2 Å². The van der Waals surface area contributed by atoms with E-state index in [1.165, 1.54) is 23.1 Å². The lowest BCUT2D eigenvalue weighted by molar-refractivity contribution is 0.0727. The minimum absolute atomic E-state index is 0.162. The van der Waals surface area contributed by atoms with Crippen LogP contribution >= 0.6 is 0 Å². The van der Waals surface area contributed by atoms with Gasteiger partial charge in [-0.1, -0.05) is 6.07 Å². The van der Waals surface area contributed by atoms with E-state index in [0.29, 0.717) is 11.4 Å². The lowest BCUT2D eigenvalue weighted by atomic mass is 10.2. The Kier molecular flexibility index (Phi) is 3.81. The molecule has 0 spiro atoms. The van der Waals surface area contributed by atoms with E-state index >= 15 is 0 Å². The quantitative estimate of drug-likeness (QED) is 0.912. The molecule has 1 aliphatic heterocycles. The predicted molar refractivity (Wildman–Crippen MR) is 75.9 cm³/mol. The number of aryl methyl sites for hydroxylation is 1. The maximum atomic E-state index is 13.1. The van der Waals surface area contributed by atoms with Crippen LogP contribution in [0.2, 0.25) is 0 Å². The van der Waals surface area contributed by atoms with Crippen molar-refractivity contribution in [1.82, 2.24) is 14.7 Å². The zero-order valence-electron chi connectivity index (χ0n) is 12.0. The zero-order valence-corrected chi connectivity index (χ0v) is 12.0. The number of likely N-dealkylation sites (tertiary alicyclic amines) is 1. The maximum absolute atomic E-state index is 13.1. The number of β-amino-alcohol motifs (C(OH)–C–C–N with tert-alkyl or cyclic N) is 1. The molecule has 0 radical (unpaired) electrons. The normalized spacial score (nSPS) is 21.1. The Morgan fingerprint density at radius 2 is 2.23 bits per heavy atom. The number of aromatic nitrogens is 2. The second-order valence-corrected chi connectivity index (χ2v) is 5.27. The van der Waals surface area contributed by atoms with Crippen LogP contribution in [0.1, 0.15) is 10.5 Å². The minimum Gasteiger partial charge on any atom is -0.486 e. The van der Waals surface area contributed by atoms with Crippen LogP contribution in [-0.4, -0.2) is 51.0 Å². The summed E-state index contributed by atoms with van der Waals surface area (Å²) in [5.74, 6) is -0.340. The number of ether oxygens (including phenoxy) is 1. The average Bonchev–Trinajstić information content (AvgIpc) is 3.05. The highest BCUT2D eigenvalue weighted by Crippen LogP contribution is 2.20. The van der Waals surface area contributed by atoms with E-state index in [4.69, 9.17) is 4.74 Å². The van der Waals surface area contributed by atoms with Crippen LogP contribution < -0.4 is 4.74 Å². The van der Waals surface area contributed by atoms with E-state index in [1.807, 2.05) is 0 Å². The Labute approximate surface area is 126 Å². The van der Waals surface area contributed by atoms with Gasteiger partial charge in [-0.2, -0.15) is 5.10 Å². The number of hydrogen-bond acceptors (Lipinski definition) is 4. The molecule has 6 nitrogen and oxygen atoms in total. The van der Waals surface area contributed by atoms with Crippen LogP contribution in [0.4, 0.5) is 4.39 Å². The highest BCUT2D eigenvalue weighted by Gasteiger charge is 2.36. The zero-order chi connectivity index (χ0) is 15.7. The average molecular weight is 305 g/mol. The fourth-order valence-corrected chi connectivity index (χ4v) is 2.44. The van der Waals surface area contributed by atoms with E-state index in [9.17, 15) is 14.3 Å². The summed E-state index contributed by atoms with van der Waals surface area (Å²) in [6, 6.07) is 7.32. The topological polar surface area (TPSA) is 67.6 Å². The van der Waals surface area contributed by atoms with E-state index in [0.717, 1.165) is 0 Å². The van der Waals surface area contributed by atoms with Crippen molar-refractivity contribution in [2.75, 3.05) is 13.1 Å². The van der Waals surface area contributed by atoms with Crippen molar-refractivity contribution in [3.05, 3.63) is 48.0 Å². The monoisotopic (exact) mass is 305 g/mol. The van der Waals surface area contributed by atoms with Gasteiger partial charge < -0.3 is 14.7 Å². The molecule has 1 amide bonds. The fraction of sp³-hybridized carbons (Fsp3) is 0.333. The molecule has 1 aromatic carbocycles. The van der Waals surface area contributed by atoms with Crippen LogP contribution in [0, 0.1) is 5.82 Å². The Balaban J connectivity index is 1.68. The number of aliphatic hydroxyl groups is 1. The van der Waals surface area contributed by atoms with Gasteiger partial charge in [0.15, 0.2) is 0 Å². The van der Waals surface area contributed by atoms with Gasteiger partial charge in [0, 0.05) is 19.3 Å². The summed E-state index contributed by atoms with van der Waals surface area (Å²) in [7, 11) is 1.73. The predicted octanol–water partition coefficient (Wildman–Crippen LogP) is 0.823. The largest absolute Gasteiger partial charge is 0.486 e. The summed E-state index contributed by atoms with van der Waals surface area (Å²) in [5.41, 5.74) is 0.320. The molecule has 1 fully saturated rings. The molecule has 1 N–H and O–H groups in total. The number of hydrogen-bond donors (Lipinski definition) is 1. The smallest absolute Gasteiger partial charge is 0.274 e. The third-order valence-electron chi connectivity index (χ3n) is 3.54. The van der Waals surface area contributed by atoms with Crippen LogP contribution in [-0.2, 0) is 7.05 Å². The van der Waals surface area contributed by atoms with E-state index in [-0.39, 0.29) is 19.0 Å². The molecular weight excluding hydrogens is 289 g/mol. The second-order valence-electron chi connectivity index (χ2n) is 5.27. The van der Waals surface area contributed by atoms with Gasteiger partial charge in [-0.05, 0) is 18.2 Å². The Morgan fingerprint density at radius 1 is 1.41 bits per heavy atom. The lowest BCUT2D eigenvalue weighted by Gasteiger charge is -2.16. The molecule has 1 saturated heterocycles. The maximum Gasteiger partial charge on any atom is 0.274 e. The fourth-order valence-electron chi connectivity index (χ4n) is 2.44. The molecule has 22 heavy (non-hydrogen) atoms. The molecule has 1 aliphatic rings. The van der Waals surface area contributed by atoms with Crippen molar-refractivity contribution in [1.29, 1.82) is 0 Å². The highest BCUT2D eigenvalue weighted by molar-refractivity contribution is 5.92. The molecule has 0 saturated carbocycles. The van der Waals surface area contributed by atoms with Crippen LogP contribution in [0.3, 0.4) is 0 Å². The first-order valence-corrected chi connectivity index (χ1v) is 6.92. The van der Waals surface area contributed by atoms with E-state index in [2.05, 4.69) is 5.10 Å². The number of benzene rings is 1. The summed E-state index contributed by atoms with van der Waals surface area (Å²) in [4.78, 5) is 13.8. The summed E-state index contributed by atoms with van der Waals surface area (Å²) < 4.78 is 20.3. The van der Waals surface area contributed by atoms with Gasteiger partial charge in [0.2, 0.25) is 0 Å². The highest BCUT2D eigenvalue weighted by atomic mass is 19.1. The molecule has 1 aromatic heterocycles. The van der Waals surface area contributed by atoms with Crippen molar-refractivity contribution >= 4 is 5.91 Å². The van der Waals surface area contributed by atoms with Gasteiger partial charge in [0.1, 0.15) is 29.5 Å². The summed E-state index contributed by atoms with van der Waals surface area (Å²) in [5, 5.41) is 14.1. The molecule has 2 heterocycles. The molecular formula is C15H16FN3O3. The van der Waals surface area contributed by atoms with Gasteiger partial charge in [-0.25, -0.2) is 4.39 Å². The Bertz CT molecular complexity index is 688.